The summed E-state index contributed by atoms with van der Waals surface area (Å²) in [6.07, 6.45) is 1.92. The molecule has 0 amide bonds. The Balaban J connectivity index is 0.00000392. The molecule has 0 bridgehead atoms. The van der Waals surface area contributed by atoms with Gasteiger partial charge >= 0.3 is 0 Å². The predicted octanol–water partition coefficient (Wildman–Crippen LogP) is 3.31. The molecule has 0 radical (unpaired) electrons. The van der Waals surface area contributed by atoms with Crippen LogP contribution >= 0.6 is 35.3 Å². The Morgan fingerprint density at radius 2 is 1.96 bits per heavy atom. The molecule has 28 heavy (non-hydrogen) atoms. The van der Waals surface area contributed by atoms with Crippen molar-refractivity contribution in [2.75, 3.05) is 40.8 Å². The van der Waals surface area contributed by atoms with Gasteiger partial charge in [-0.2, -0.15) is 0 Å². The first-order valence-corrected chi connectivity index (χ1v) is 10.2. The van der Waals surface area contributed by atoms with Crippen molar-refractivity contribution in [2.45, 2.75) is 26.3 Å². The summed E-state index contributed by atoms with van der Waals surface area (Å²) in [4.78, 5) is 10.9. The maximum atomic E-state index is 5.77. The first-order valence-electron chi connectivity index (χ1n) is 9.29. The van der Waals surface area contributed by atoms with Gasteiger partial charge in [-0.05, 0) is 45.1 Å². The van der Waals surface area contributed by atoms with Crippen molar-refractivity contribution in [3.05, 3.63) is 45.9 Å². The number of ether oxygens (including phenoxy) is 1. The minimum Gasteiger partial charge on any atom is -0.494 e. The lowest BCUT2D eigenvalue weighted by Crippen LogP contribution is -2.37. The number of aryl methyl sites for hydroxylation is 1. The average Bonchev–Trinajstić information content (AvgIpc) is 3.07. The molecule has 2 rings (SSSR count). The number of hydrogen-bond acceptors (Lipinski definition) is 5. The fourth-order valence-electron chi connectivity index (χ4n) is 2.51. The van der Waals surface area contributed by atoms with E-state index < -0.39 is 0 Å². The molecule has 0 aliphatic carbocycles. The van der Waals surface area contributed by atoms with Gasteiger partial charge in [0.25, 0.3) is 0 Å². The van der Waals surface area contributed by atoms with Gasteiger partial charge in [0.15, 0.2) is 5.96 Å². The van der Waals surface area contributed by atoms with Crippen molar-refractivity contribution in [1.29, 1.82) is 0 Å². The Labute approximate surface area is 189 Å². The van der Waals surface area contributed by atoms with Crippen molar-refractivity contribution in [3.8, 4) is 5.75 Å². The predicted molar refractivity (Wildman–Crippen MR) is 129 cm³/mol. The van der Waals surface area contributed by atoms with E-state index in [2.05, 4.69) is 57.1 Å². The van der Waals surface area contributed by atoms with Gasteiger partial charge in [-0.25, -0.2) is 4.98 Å². The lowest BCUT2D eigenvalue weighted by Gasteiger charge is -2.12. The van der Waals surface area contributed by atoms with Crippen molar-refractivity contribution in [2.24, 2.45) is 4.99 Å². The second-order valence-corrected chi connectivity index (χ2v) is 7.67. The number of benzene rings is 1. The van der Waals surface area contributed by atoms with E-state index in [1.165, 1.54) is 5.56 Å². The minimum atomic E-state index is 0. The Kier molecular flexibility index (Phi) is 12.1. The third-order valence-corrected chi connectivity index (χ3v) is 4.79. The zero-order chi connectivity index (χ0) is 19.5. The van der Waals surface area contributed by atoms with Crippen LogP contribution in [0.2, 0.25) is 0 Å². The Morgan fingerprint density at radius 3 is 2.57 bits per heavy atom. The monoisotopic (exact) mass is 517 g/mol. The third kappa shape index (κ3) is 9.70. The zero-order valence-electron chi connectivity index (χ0n) is 17.2. The molecule has 1 heterocycles. The number of hydrogen-bond donors (Lipinski definition) is 2. The highest BCUT2D eigenvalue weighted by atomic mass is 127. The second-order valence-electron chi connectivity index (χ2n) is 6.61. The van der Waals surface area contributed by atoms with Gasteiger partial charge in [-0.3, -0.25) is 4.99 Å². The first kappa shape index (κ1) is 24.6. The lowest BCUT2D eigenvalue weighted by molar-refractivity contribution is 0.281. The zero-order valence-corrected chi connectivity index (χ0v) is 20.3. The molecule has 0 saturated carbocycles. The van der Waals surface area contributed by atoms with Gasteiger partial charge in [0.1, 0.15) is 5.75 Å². The van der Waals surface area contributed by atoms with Crippen LogP contribution < -0.4 is 15.4 Å². The smallest absolute Gasteiger partial charge is 0.191 e. The molecule has 156 valence electrons. The van der Waals surface area contributed by atoms with Crippen LogP contribution in [0.15, 0.2) is 34.6 Å². The fourth-order valence-corrected chi connectivity index (χ4v) is 3.16. The van der Waals surface area contributed by atoms with Crippen LogP contribution in [0.5, 0.6) is 5.75 Å². The molecule has 0 spiro atoms. The number of rotatable bonds is 10. The van der Waals surface area contributed by atoms with Crippen LogP contribution in [0.1, 0.15) is 22.7 Å². The van der Waals surface area contributed by atoms with Crippen molar-refractivity contribution >= 4 is 41.3 Å². The SMILES string of the molecule is CN=C(NCCc1csc(C)n1)NCc1ccc(OCCCN(C)C)cc1.I. The number of nitrogens with one attached hydrogen (secondary N) is 2. The number of aliphatic imine (C=N–C) groups is 1. The van der Waals surface area contributed by atoms with Crippen LogP contribution in [0.4, 0.5) is 0 Å². The van der Waals surface area contributed by atoms with Gasteiger partial charge in [0.2, 0.25) is 0 Å². The van der Waals surface area contributed by atoms with Crippen molar-refractivity contribution in [3.63, 3.8) is 0 Å². The highest BCUT2D eigenvalue weighted by molar-refractivity contribution is 14.0. The molecule has 0 unspecified atom stereocenters. The van der Waals surface area contributed by atoms with E-state index in [9.17, 15) is 0 Å². The minimum absolute atomic E-state index is 0. The van der Waals surface area contributed by atoms with E-state index in [1.54, 1.807) is 18.4 Å². The van der Waals surface area contributed by atoms with Gasteiger partial charge in [-0.15, -0.1) is 35.3 Å². The van der Waals surface area contributed by atoms with Crippen LogP contribution in [0, 0.1) is 6.92 Å². The summed E-state index contributed by atoms with van der Waals surface area (Å²) >= 11 is 1.69. The van der Waals surface area contributed by atoms with E-state index in [-0.39, 0.29) is 24.0 Å². The summed E-state index contributed by atoms with van der Waals surface area (Å²) in [5, 5.41) is 9.88. The molecule has 6 nitrogen and oxygen atoms in total. The highest BCUT2D eigenvalue weighted by Crippen LogP contribution is 2.12. The Hall–Kier alpha value is -1.39. The van der Waals surface area contributed by atoms with E-state index in [1.807, 2.05) is 19.1 Å². The van der Waals surface area contributed by atoms with Gasteiger partial charge in [-0.1, -0.05) is 12.1 Å². The Morgan fingerprint density at radius 1 is 1.21 bits per heavy atom. The number of guanidine groups is 1. The molecule has 2 N–H and O–H groups in total. The van der Waals surface area contributed by atoms with Crippen LogP contribution in [0.3, 0.4) is 0 Å². The summed E-state index contributed by atoms with van der Waals surface area (Å²) < 4.78 is 5.77. The van der Waals surface area contributed by atoms with E-state index >= 15 is 0 Å². The summed E-state index contributed by atoms with van der Waals surface area (Å²) in [6, 6.07) is 8.21. The summed E-state index contributed by atoms with van der Waals surface area (Å²) in [5.74, 6) is 1.71. The van der Waals surface area contributed by atoms with Crippen LogP contribution in [-0.2, 0) is 13.0 Å². The highest BCUT2D eigenvalue weighted by Gasteiger charge is 2.02. The Bertz CT molecular complexity index is 703. The van der Waals surface area contributed by atoms with Gasteiger partial charge in [0, 0.05) is 38.5 Å². The lowest BCUT2D eigenvalue weighted by atomic mass is 10.2. The molecule has 2 aromatic rings. The normalized spacial score (nSPS) is 11.2. The largest absolute Gasteiger partial charge is 0.494 e. The van der Waals surface area contributed by atoms with Gasteiger partial charge < -0.3 is 20.3 Å². The van der Waals surface area contributed by atoms with Crippen LogP contribution in [0.25, 0.3) is 0 Å². The quantitative estimate of drug-likeness (QED) is 0.219. The molecule has 0 fully saturated rings. The standard InChI is InChI=1S/C20H31N5OS.HI/c1-16-24-18(15-27-16)10-11-22-20(21-2)23-14-17-6-8-19(9-7-17)26-13-5-12-25(3)4;/h6-9,15H,5,10-14H2,1-4H3,(H2,21,22,23);1H. The van der Waals surface area contributed by atoms with Crippen molar-refractivity contribution in [1.82, 2.24) is 20.5 Å². The van der Waals surface area contributed by atoms with Crippen molar-refractivity contribution < 1.29 is 4.74 Å². The molecular weight excluding hydrogens is 485 g/mol. The van der Waals surface area contributed by atoms with E-state index in [0.29, 0.717) is 0 Å². The van der Waals surface area contributed by atoms with E-state index in [0.717, 1.165) is 61.5 Å². The van der Waals surface area contributed by atoms with Gasteiger partial charge in [0.05, 0.1) is 17.3 Å². The summed E-state index contributed by atoms with van der Waals surface area (Å²) in [7, 11) is 5.93. The number of aromatic nitrogens is 1. The maximum absolute atomic E-state index is 5.77. The number of halogens is 1. The topological polar surface area (TPSA) is 61.8 Å². The third-order valence-electron chi connectivity index (χ3n) is 3.97. The number of nitrogens with zero attached hydrogens (tertiary/aromatic N) is 3. The average molecular weight is 517 g/mol. The molecule has 0 aliphatic heterocycles. The maximum Gasteiger partial charge on any atom is 0.191 e. The molecule has 8 heteroatoms. The first-order chi connectivity index (χ1) is 13.1. The summed E-state index contributed by atoms with van der Waals surface area (Å²) in [6.45, 7) is 5.34. The molecule has 0 atom stereocenters. The number of thiazole rings is 1. The summed E-state index contributed by atoms with van der Waals surface area (Å²) in [5.41, 5.74) is 2.32. The van der Waals surface area contributed by atoms with E-state index in [4.69, 9.17) is 4.74 Å². The van der Waals surface area contributed by atoms with Crippen LogP contribution in [-0.4, -0.2) is 56.7 Å². The molecule has 1 aromatic carbocycles. The molecule has 0 aliphatic rings. The molecule has 1 aromatic heterocycles. The molecule has 0 saturated heterocycles. The molecular formula is C20H32IN5OS. The fraction of sp³-hybridized carbons (Fsp3) is 0.500. The second kappa shape index (κ2) is 13.7.